The molecule has 0 unspecified atom stereocenters. The molecule has 0 spiro atoms. The molecule has 0 radical (unpaired) electrons. The minimum Gasteiger partial charge on any atom is -0.379 e. The van der Waals surface area contributed by atoms with Gasteiger partial charge in [-0.2, -0.15) is 0 Å². The first-order valence-electron chi connectivity index (χ1n) is 9.77. The molecule has 0 aliphatic carbocycles. The Hall–Kier alpha value is -2.33. The molecule has 1 amide bonds. The van der Waals surface area contributed by atoms with Gasteiger partial charge in [-0.3, -0.25) is 9.69 Å². The number of carbonyl (C=O) groups excluding carboxylic acids is 1. The first-order valence-corrected chi connectivity index (χ1v) is 11.3. The zero-order chi connectivity index (χ0) is 21.7. The summed E-state index contributed by atoms with van der Waals surface area (Å²) in [5.41, 5.74) is 1.19. The van der Waals surface area contributed by atoms with E-state index in [1.807, 2.05) is 18.2 Å². The second-order valence-corrected chi connectivity index (χ2v) is 9.17. The second kappa shape index (κ2) is 9.65. The maximum absolute atomic E-state index is 14.3. The van der Waals surface area contributed by atoms with Crippen LogP contribution in [0.5, 0.6) is 0 Å². The first kappa shape index (κ1) is 22.4. The lowest BCUT2D eigenvalue weighted by Gasteiger charge is -2.26. The molecule has 3 rings (SSSR count). The Morgan fingerprint density at radius 1 is 1.17 bits per heavy atom. The maximum atomic E-state index is 14.3. The lowest BCUT2D eigenvalue weighted by atomic mass is 10.1. The predicted molar refractivity (Wildman–Crippen MR) is 112 cm³/mol. The molecule has 7 nitrogen and oxygen atoms in total. The molecule has 2 aromatic rings. The Kier molecular flexibility index (Phi) is 7.19. The molecule has 30 heavy (non-hydrogen) atoms. The Morgan fingerprint density at radius 2 is 1.90 bits per heavy atom. The van der Waals surface area contributed by atoms with E-state index in [1.54, 1.807) is 19.9 Å². The molecular formula is C21H26FN3O4S. The van der Waals surface area contributed by atoms with Crippen molar-refractivity contribution in [2.45, 2.75) is 31.3 Å². The van der Waals surface area contributed by atoms with E-state index in [2.05, 4.69) is 14.9 Å². The Labute approximate surface area is 176 Å². The standard InChI is InChI=1S/C21H26FN3O4S/c1-15(2)24-30(27,28)18-6-7-20(22)19(13-18)21(26)23-17-5-3-4-16(12-17)14-25-8-10-29-11-9-25/h3-7,12-13,15,24H,8-11,14H2,1-2H3,(H,23,26). The second-order valence-electron chi connectivity index (χ2n) is 7.46. The first-order chi connectivity index (χ1) is 14.2. The van der Waals surface area contributed by atoms with Crippen LogP contribution in [0.3, 0.4) is 0 Å². The predicted octanol–water partition coefficient (Wildman–Crippen LogP) is 2.60. The number of halogens is 1. The number of nitrogens with one attached hydrogen (secondary N) is 2. The maximum Gasteiger partial charge on any atom is 0.258 e. The number of amides is 1. The topological polar surface area (TPSA) is 87.7 Å². The minimum absolute atomic E-state index is 0.163. The molecule has 1 saturated heterocycles. The summed E-state index contributed by atoms with van der Waals surface area (Å²) in [7, 11) is -3.84. The van der Waals surface area contributed by atoms with Gasteiger partial charge in [-0.15, -0.1) is 0 Å². The lowest BCUT2D eigenvalue weighted by Crippen LogP contribution is -2.35. The summed E-state index contributed by atoms with van der Waals surface area (Å²) in [5, 5.41) is 2.66. The van der Waals surface area contributed by atoms with E-state index in [4.69, 9.17) is 4.74 Å². The molecule has 1 fully saturated rings. The summed E-state index contributed by atoms with van der Waals surface area (Å²) < 4.78 is 46.7. The number of nitrogens with zero attached hydrogens (tertiary/aromatic N) is 1. The Balaban J connectivity index is 1.76. The molecule has 9 heteroatoms. The van der Waals surface area contributed by atoms with Gasteiger partial charge < -0.3 is 10.1 Å². The van der Waals surface area contributed by atoms with Crippen molar-refractivity contribution >= 4 is 21.6 Å². The number of carbonyl (C=O) groups is 1. The Bertz CT molecular complexity index is 1010. The fourth-order valence-corrected chi connectivity index (χ4v) is 4.46. The number of hydrogen-bond acceptors (Lipinski definition) is 5. The third kappa shape index (κ3) is 5.85. The number of rotatable bonds is 7. The van der Waals surface area contributed by atoms with Crippen LogP contribution in [0.2, 0.25) is 0 Å². The summed E-state index contributed by atoms with van der Waals surface area (Å²) >= 11 is 0. The van der Waals surface area contributed by atoms with Crippen molar-refractivity contribution in [2.75, 3.05) is 31.6 Å². The molecule has 1 aliphatic heterocycles. The minimum atomic E-state index is -3.84. The van der Waals surface area contributed by atoms with E-state index >= 15 is 0 Å². The normalized spacial score (nSPS) is 15.3. The SMILES string of the molecule is CC(C)NS(=O)(=O)c1ccc(F)c(C(=O)Nc2cccc(CN3CCOCC3)c2)c1. The van der Waals surface area contributed by atoms with Crippen molar-refractivity contribution in [3.05, 3.63) is 59.4 Å². The van der Waals surface area contributed by atoms with Crippen LogP contribution in [0, 0.1) is 5.82 Å². The average Bonchev–Trinajstić information content (AvgIpc) is 2.68. The van der Waals surface area contributed by atoms with Crippen LogP contribution < -0.4 is 10.0 Å². The van der Waals surface area contributed by atoms with Gasteiger partial charge in [-0.1, -0.05) is 12.1 Å². The fourth-order valence-electron chi connectivity index (χ4n) is 3.19. The van der Waals surface area contributed by atoms with Gasteiger partial charge in [0.2, 0.25) is 10.0 Å². The largest absolute Gasteiger partial charge is 0.379 e. The molecular weight excluding hydrogens is 409 g/mol. The fraction of sp³-hybridized carbons (Fsp3) is 0.381. The van der Waals surface area contributed by atoms with Gasteiger partial charge in [0, 0.05) is 31.4 Å². The van der Waals surface area contributed by atoms with Crippen molar-refractivity contribution in [1.82, 2.24) is 9.62 Å². The van der Waals surface area contributed by atoms with E-state index in [-0.39, 0.29) is 16.5 Å². The number of hydrogen-bond donors (Lipinski definition) is 2. The summed E-state index contributed by atoms with van der Waals surface area (Å²) in [6.45, 7) is 7.15. The van der Waals surface area contributed by atoms with E-state index in [9.17, 15) is 17.6 Å². The highest BCUT2D eigenvalue weighted by Crippen LogP contribution is 2.19. The van der Waals surface area contributed by atoms with Gasteiger partial charge in [0.15, 0.2) is 0 Å². The highest BCUT2D eigenvalue weighted by molar-refractivity contribution is 7.89. The van der Waals surface area contributed by atoms with E-state index in [1.165, 1.54) is 0 Å². The van der Waals surface area contributed by atoms with E-state index in [0.717, 1.165) is 43.4 Å². The van der Waals surface area contributed by atoms with Crippen LogP contribution in [0.4, 0.5) is 10.1 Å². The zero-order valence-corrected chi connectivity index (χ0v) is 17.8. The molecule has 0 bridgehead atoms. The van der Waals surface area contributed by atoms with E-state index in [0.29, 0.717) is 18.9 Å². The molecule has 2 aromatic carbocycles. The zero-order valence-electron chi connectivity index (χ0n) is 17.0. The van der Waals surface area contributed by atoms with Crippen LogP contribution in [0.1, 0.15) is 29.8 Å². The van der Waals surface area contributed by atoms with Crippen LogP contribution in [0.25, 0.3) is 0 Å². The highest BCUT2D eigenvalue weighted by Gasteiger charge is 2.20. The molecule has 0 aromatic heterocycles. The summed E-state index contributed by atoms with van der Waals surface area (Å²) in [4.78, 5) is 14.7. The van der Waals surface area contributed by atoms with Crippen LogP contribution in [-0.2, 0) is 21.3 Å². The Morgan fingerprint density at radius 3 is 2.60 bits per heavy atom. The number of morpholine rings is 1. The van der Waals surface area contributed by atoms with Gasteiger partial charge in [0.05, 0.1) is 23.7 Å². The van der Waals surface area contributed by atoms with Crippen molar-refractivity contribution in [3.63, 3.8) is 0 Å². The third-order valence-corrected chi connectivity index (χ3v) is 6.23. The highest BCUT2D eigenvalue weighted by atomic mass is 32.2. The summed E-state index contributed by atoms with van der Waals surface area (Å²) in [6, 6.07) is 10.1. The van der Waals surface area contributed by atoms with Crippen LogP contribution >= 0.6 is 0 Å². The van der Waals surface area contributed by atoms with Crippen LogP contribution in [0.15, 0.2) is 47.4 Å². The van der Waals surface area contributed by atoms with Crippen LogP contribution in [-0.4, -0.2) is 51.6 Å². The van der Waals surface area contributed by atoms with Crippen molar-refractivity contribution < 1.29 is 22.3 Å². The van der Waals surface area contributed by atoms with Crippen molar-refractivity contribution in [1.29, 1.82) is 0 Å². The average molecular weight is 436 g/mol. The number of anilines is 1. The van der Waals surface area contributed by atoms with Gasteiger partial charge in [0.1, 0.15) is 5.82 Å². The van der Waals surface area contributed by atoms with Gasteiger partial charge in [-0.05, 0) is 49.7 Å². The number of ether oxygens (including phenoxy) is 1. The quantitative estimate of drug-likeness (QED) is 0.698. The molecule has 1 heterocycles. The third-order valence-electron chi connectivity index (χ3n) is 4.58. The monoisotopic (exact) mass is 435 g/mol. The summed E-state index contributed by atoms with van der Waals surface area (Å²) in [6.07, 6.45) is 0. The van der Waals surface area contributed by atoms with Crippen molar-refractivity contribution in [3.8, 4) is 0 Å². The van der Waals surface area contributed by atoms with Crippen molar-refractivity contribution in [2.24, 2.45) is 0 Å². The number of benzene rings is 2. The van der Waals surface area contributed by atoms with Gasteiger partial charge in [-0.25, -0.2) is 17.5 Å². The van der Waals surface area contributed by atoms with Gasteiger partial charge >= 0.3 is 0 Å². The molecule has 0 atom stereocenters. The molecule has 2 N–H and O–H groups in total. The molecule has 1 aliphatic rings. The lowest BCUT2D eigenvalue weighted by molar-refractivity contribution is 0.0342. The molecule has 162 valence electrons. The summed E-state index contributed by atoms with van der Waals surface area (Å²) in [5.74, 6) is -1.50. The number of sulfonamides is 1. The molecule has 0 saturated carbocycles. The smallest absolute Gasteiger partial charge is 0.258 e. The van der Waals surface area contributed by atoms with E-state index < -0.39 is 21.7 Å². The van der Waals surface area contributed by atoms with Gasteiger partial charge in [0.25, 0.3) is 5.91 Å².